The molecule has 0 bridgehead atoms. The fourth-order valence-corrected chi connectivity index (χ4v) is 1.90. The number of aryl methyl sites for hydroxylation is 1. The summed E-state index contributed by atoms with van der Waals surface area (Å²) in [6, 6.07) is 7.46. The van der Waals surface area contributed by atoms with Gasteiger partial charge in [-0.05, 0) is 26.0 Å². The molecule has 0 radical (unpaired) electrons. The molecule has 1 aromatic heterocycles. The number of rotatable bonds is 5. The van der Waals surface area contributed by atoms with Gasteiger partial charge in [-0.3, -0.25) is 4.79 Å². The number of halogens is 1. The fourth-order valence-electron chi connectivity index (χ4n) is 1.77. The lowest BCUT2D eigenvalue weighted by molar-refractivity contribution is 0.0955. The normalized spacial score (nSPS) is 10.2. The van der Waals surface area contributed by atoms with E-state index < -0.39 is 0 Å². The van der Waals surface area contributed by atoms with Crippen LogP contribution < -0.4 is 10.6 Å². The molecule has 2 N–H and O–H groups in total. The summed E-state index contributed by atoms with van der Waals surface area (Å²) in [5.74, 6) is 0.592. The van der Waals surface area contributed by atoms with Crippen molar-refractivity contribution in [2.75, 3.05) is 18.4 Å². The van der Waals surface area contributed by atoms with E-state index in [1.807, 2.05) is 38.1 Å². The maximum atomic E-state index is 11.9. The monoisotopic (exact) mass is 304 g/mol. The Hall–Kier alpha value is -2.14. The summed E-state index contributed by atoms with van der Waals surface area (Å²) in [7, 11) is 0. The Morgan fingerprint density at radius 2 is 1.86 bits per heavy atom. The molecular weight excluding hydrogens is 288 g/mol. The lowest BCUT2D eigenvalue weighted by Gasteiger charge is -2.09. The van der Waals surface area contributed by atoms with Gasteiger partial charge in [0.05, 0.1) is 0 Å². The van der Waals surface area contributed by atoms with Gasteiger partial charge >= 0.3 is 0 Å². The Morgan fingerprint density at radius 1 is 1.14 bits per heavy atom. The van der Waals surface area contributed by atoms with Gasteiger partial charge in [-0.15, -0.1) is 0 Å². The number of hydrogen-bond acceptors (Lipinski definition) is 4. The minimum atomic E-state index is -0.0887. The van der Waals surface area contributed by atoms with Crippen molar-refractivity contribution >= 4 is 23.3 Å². The van der Waals surface area contributed by atoms with Crippen molar-refractivity contribution in [1.29, 1.82) is 0 Å². The smallest absolute Gasteiger partial charge is 0.251 e. The predicted molar refractivity (Wildman–Crippen MR) is 83.8 cm³/mol. The first-order chi connectivity index (χ1) is 10.1. The zero-order chi connectivity index (χ0) is 15.2. The van der Waals surface area contributed by atoms with Gasteiger partial charge in [0.2, 0.25) is 0 Å². The molecule has 0 saturated heterocycles. The Bertz CT molecular complexity index is 628. The zero-order valence-corrected chi connectivity index (χ0v) is 12.7. The van der Waals surface area contributed by atoms with Gasteiger partial charge in [0.1, 0.15) is 17.3 Å². The Balaban J connectivity index is 1.80. The number of hydrogen-bond donors (Lipinski definition) is 2. The molecule has 0 unspecified atom stereocenters. The van der Waals surface area contributed by atoms with E-state index in [4.69, 9.17) is 11.6 Å². The Morgan fingerprint density at radius 3 is 2.57 bits per heavy atom. The third-order valence-corrected chi connectivity index (χ3v) is 3.42. The van der Waals surface area contributed by atoms with Gasteiger partial charge in [-0.25, -0.2) is 9.97 Å². The molecule has 1 heterocycles. The van der Waals surface area contributed by atoms with Crippen LogP contribution in [0.5, 0.6) is 0 Å². The van der Waals surface area contributed by atoms with Crippen molar-refractivity contribution in [3.63, 3.8) is 0 Å². The standard InChI is InChI=1S/C15H17ClN4O/c1-10-3-5-12(6-4-10)15(21)18-8-7-17-14-11(2)13(16)19-9-20-14/h3-6,9H,7-8H2,1-2H3,(H,18,21)(H,17,19,20). The molecule has 110 valence electrons. The second-order valence-corrected chi connectivity index (χ2v) is 5.04. The molecule has 0 aliphatic carbocycles. The summed E-state index contributed by atoms with van der Waals surface area (Å²) in [5, 5.41) is 6.39. The van der Waals surface area contributed by atoms with E-state index in [2.05, 4.69) is 20.6 Å². The zero-order valence-electron chi connectivity index (χ0n) is 12.0. The molecule has 0 aliphatic rings. The van der Waals surface area contributed by atoms with E-state index in [-0.39, 0.29) is 5.91 Å². The van der Waals surface area contributed by atoms with Gasteiger partial charge in [0, 0.05) is 24.2 Å². The van der Waals surface area contributed by atoms with Crippen LogP contribution in [0.3, 0.4) is 0 Å². The molecular formula is C15H17ClN4O. The third-order valence-electron chi connectivity index (χ3n) is 3.04. The van der Waals surface area contributed by atoms with Crippen LogP contribution in [0.15, 0.2) is 30.6 Å². The van der Waals surface area contributed by atoms with Crippen LogP contribution in [0.4, 0.5) is 5.82 Å². The SMILES string of the molecule is Cc1ccc(C(=O)NCCNc2ncnc(Cl)c2C)cc1. The Labute approximate surface area is 128 Å². The molecule has 1 amide bonds. The van der Waals surface area contributed by atoms with Crippen LogP contribution in [0, 0.1) is 13.8 Å². The highest BCUT2D eigenvalue weighted by atomic mass is 35.5. The van der Waals surface area contributed by atoms with Crippen molar-refractivity contribution in [2.24, 2.45) is 0 Å². The second-order valence-electron chi connectivity index (χ2n) is 4.69. The van der Waals surface area contributed by atoms with E-state index in [9.17, 15) is 4.79 Å². The van der Waals surface area contributed by atoms with E-state index in [0.717, 1.165) is 11.1 Å². The highest BCUT2D eigenvalue weighted by Crippen LogP contribution is 2.17. The number of benzene rings is 1. The molecule has 0 saturated carbocycles. The number of nitrogens with zero attached hydrogens (tertiary/aromatic N) is 2. The number of amides is 1. The molecule has 0 spiro atoms. The topological polar surface area (TPSA) is 66.9 Å². The first-order valence-electron chi connectivity index (χ1n) is 6.64. The molecule has 2 rings (SSSR count). The van der Waals surface area contributed by atoms with Crippen LogP contribution in [0.25, 0.3) is 0 Å². The van der Waals surface area contributed by atoms with Gasteiger partial charge in [0.15, 0.2) is 0 Å². The lowest BCUT2D eigenvalue weighted by atomic mass is 10.1. The molecule has 1 aromatic carbocycles. The molecule has 0 fully saturated rings. The van der Waals surface area contributed by atoms with Crippen molar-refractivity contribution in [2.45, 2.75) is 13.8 Å². The molecule has 6 heteroatoms. The largest absolute Gasteiger partial charge is 0.368 e. The van der Waals surface area contributed by atoms with Gasteiger partial charge in [-0.1, -0.05) is 29.3 Å². The summed E-state index contributed by atoms with van der Waals surface area (Å²) >= 11 is 5.91. The molecule has 5 nitrogen and oxygen atoms in total. The van der Waals surface area contributed by atoms with Crippen molar-refractivity contribution in [1.82, 2.24) is 15.3 Å². The first-order valence-corrected chi connectivity index (χ1v) is 7.01. The summed E-state index contributed by atoms with van der Waals surface area (Å²) < 4.78 is 0. The third kappa shape index (κ3) is 4.16. The van der Waals surface area contributed by atoms with Crippen LogP contribution in [0.1, 0.15) is 21.5 Å². The number of nitrogens with one attached hydrogen (secondary N) is 2. The predicted octanol–water partition coefficient (Wildman–Crippen LogP) is 2.59. The molecule has 0 atom stereocenters. The maximum Gasteiger partial charge on any atom is 0.251 e. The van der Waals surface area contributed by atoms with Crippen LogP contribution in [-0.4, -0.2) is 29.0 Å². The van der Waals surface area contributed by atoms with E-state index in [1.165, 1.54) is 6.33 Å². The quantitative estimate of drug-likeness (QED) is 0.658. The highest BCUT2D eigenvalue weighted by Gasteiger charge is 2.06. The second kappa shape index (κ2) is 7.04. The number of carbonyl (C=O) groups is 1. The van der Waals surface area contributed by atoms with Gasteiger partial charge < -0.3 is 10.6 Å². The van der Waals surface area contributed by atoms with E-state index in [1.54, 1.807) is 0 Å². The van der Waals surface area contributed by atoms with Crippen LogP contribution >= 0.6 is 11.6 Å². The molecule has 2 aromatic rings. The summed E-state index contributed by atoms with van der Waals surface area (Å²) in [6.07, 6.45) is 1.41. The van der Waals surface area contributed by atoms with Gasteiger partial charge in [0.25, 0.3) is 5.91 Å². The minimum Gasteiger partial charge on any atom is -0.368 e. The first kappa shape index (κ1) is 15.3. The van der Waals surface area contributed by atoms with E-state index in [0.29, 0.717) is 29.6 Å². The fraction of sp³-hybridized carbons (Fsp3) is 0.267. The van der Waals surface area contributed by atoms with Gasteiger partial charge in [-0.2, -0.15) is 0 Å². The number of aromatic nitrogens is 2. The molecule has 0 aliphatic heterocycles. The average Bonchev–Trinajstić information content (AvgIpc) is 2.48. The van der Waals surface area contributed by atoms with Crippen LogP contribution in [0.2, 0.25) is 5.15 Å². The summed E-state index contributed by atoms with van der Waals surface area (Å²) in [4.78, 5) is 19.9. The van der Waals surface area contributed by atoms with Crippen molar-refractivity contribution < 1.29 is 4.79 Å². The highest BCUT2D eigenvalue weighted by molar-refractivity contribution is 6.30. The Kier molecular flexibility index (Phi) is 5.11. The van der Waals surface area contributed by atoms with Crippen molar-refractivity contribution in [3.8, 4) is 0 Å². The maximum absolute atomic E-state index is 11.9. The minimum absolute atomic E-state index is 0.0887. The van der Waals surface area contributed by atoms with E-state index >= 15 is 0 Å². The summed E-state index contributed by atoms with van der Waals surface area (Å²) in [5.41, 5.74) is 2.58. The summed E-state index contributed by atoms with van der Waals surface area (Å²) in [6.45, 7) is 4.88. The van der Waals surface area contributed by atoms with Crippen molar-refractivity contribution in [3.05, 3.63) is 52.4 Å². The average molecular weight is 305 g/mol. The number of carbonyl (C=O) groups excluding carboxylic acids is 1. The van der Waals surface area contributed by atoms with Crippen LogP contribution in [-0.2, 0) is 0 Å². The molecule has 21 heavy (non-hydrogen) atoms. The lowest BCUT2D eigenvalue weighted by Crippen LogP contribution is -2.29. The number of anilines is 1.